The third kappa shape index (κ3) is 3.86. The topological polar surface area (TPSA) is 22.1 Å². The van der Waals surface area contributed by atoms with E-state index in [2.05, 4.69) is 20.3 Å². The highest BCUT2D eigenvalue weighted by molar-refractivity contribution is 7.27. The molecule has 0 saturated carbocycles. The third-order valence-corrected chi connectivity index (χ3v) is 5.21. The number of aromatic nitrogens is 1. The van der Waals surface area contributed by atoms with Crippen molar-refractivity contribution in [2.45, 2.75) is 13.8 Å². The first-order chi connectivity index (χ1) is 14.0. The normalized spacial score (nSPS) is 11.1. The lowest BCUT2D eigenvalue weighted by Gasteiger charge is -2.11. The highest BCUT2D eigenvalue weighted by Gasteiger charge is 2.14. The van der Waals surface area contributed by atoms with Gasteiger partial charge in [-0.25, -0.2) is 13.8 Å². The van der Waals surface area contributed by atoms with Crippen LogP contribution in [0.25, 0.3) is 33.3 Å². The van der Waals surface area contributed by atoms with Gasteiger partial charge in [0.25, 0.3) is 0 Å². The second kappa shape index (κ2) is 7.88. The number of benzene rings is 3. The van der Waals surface area contributed by atoms with Crippen LogP contribution in [0.5, 0.6) is 5.75 Å². The fourth-order valence-electron chi connectivity index (χ4n) is 3.42. The molecule has 0 N–H and O–H groups in total. The molecule has 1 heterocycles. The second-order valence-corrected chi connectivity index (χ2v) is 7.54. The Morgan fingerprint density at radius 2 is 1.62 bits per heavy atom. The summed E-state index contributed by atoms with van der Waals surface area (Å²) < 4.78 is 34.6. The monoisotopic (exact) mass is 407 g/mol. The number of halogens is 2. The van der Waals surface area contributed by atoms with Crippen molar-refractivity contribution < 1.29 is 13.5 Å². The molecule has 146 valence electrons. The molecule has 0 bridgehead atoms. The molecule has 0 aliphatic carbocycles. The number of fused-ring (bicyclic) bond motifs is 1. The van der Waals surface area contributed by atoms with Gasteiger partial charge in [-0.05, 0) is 61.1 Å². The first-order valence-corrected chi connectivity index (χ1v) is 9.93. The van der Waals surface area contributed by atoms with Gasteiger partial charge in [-0.2, -0.15) is 0 Å². The van der Waals surface area contributed by atoms with Crippen LogP contribution in [0.3, 0.4) is 0 Å². The summed E-state index contributed by atoms with van der Waals surface area (Å²) in [5, 5.41) is 2.15. The fraction of sp³-hybridized carbons (Fsp3) is 0.125. The van der Waals surface area contributed by atoms with Gasteiger partial charge in [-0.15, -0.1) is 9.24 Å². The molecule has 1 unspecified atom stereocenters. The number of aryl methyl sites for hydroxylation is 1. The van der Waals surface area contributed by atoms with Crippen molar-refractivity contribution in [1.82, 2.24) is 4.98 Å². The largest absolute Gasteiger partial charge is 0.494 e. The zero-order valence-electron chi connectivity index (χ0n) is 16.2. The van der Waals surface area contributed by atoms with Crippen molar-refractivity contribution in [2.24, 2.45) is 0 Å². The minimum atomic E-state index is -0.518. The van der Waals surface area contributed by atoms with Crippen molar-refractivity contribution in [3.8, 4) is 28.1 Å². The van der Waals surface area contributed by atoms with E-state index in [9.17, 15) is 8.78 Å². The van der Waals surface area contributed by atoms with Gasteiger partial charge < -0.3 is 4.74 Å². The maximum atomic E-state index is 14.9. The highest BCUT2D eigenvalue weighted by Crippen LogP contribution is 2.32. The molecule has 0 spiro atoms. The lowest BCUT2D eigenvalue weighted by atomic mass is 10.00. The first kappa shape index (κ1) is 19.5. The minimum absolute atomic E-state index is 0.202. The molecule has 5 heteroatoms. The summed E-state index contributed by atoms with van der Waals surface area (Å²) in [5.74, 6) is -0.587. The third-order valence-electron chi connectivity index (χ3n) is 4.85. The Bertz CT molecular complexity index is 1220. The van der Waals surface area contributed by atoms with E-state index >= 15 is 0 Å². The number of ether oxygens (including phenoxy) is 1. The molecule has 29 heavy (non-hydrogen) atoms. The van der Waals surface area contributed by atoms with E-state index in [1.54, 1.807) is 18.2 Å². The van der Waals surface area contributed by atoms with Gasteiger partial charge in [0.15, 0.2) is 0 Å². The van der Waals surface area contributed by atoms with E-state index < -0.39 is 11.6 Å². The van der Waals surface area contributed by atoms with Crippen molar-refractivity contribution in [1.29, 1.82) is 0 Å². The molecule has 0 aliphatic rings. The molecular weight excluding hydrogens is 387 g/mol. The van der Waals surface area contributed by atoms with Crippen LogP contribution in [0.1, 0.15) is 12.5 Å². The van der Waals surface area contributed by atoms with Crippen LogP contribution in [0.4, 0.5) is 8.78 Å². The molecular formula is C24H20F2NOP. The number of pyridine rings is 1. The van der Waals surface area contributed by atoms with E-state index in [1.165, 1.54) is 18.2 Å². The van der Waals surface area contributed by atoms with Crippen molar-refractivity contribution in [3.05, 3.63) is 77.9 Å². The predicted octanol–water partition coefficient (Wildman–Crippen LogP) is 6.05. The van der Waals surface area contributed by atoms with Crippen LogP contribution in [0.15, 0.2) is 60.7 Å². The van der Waals surface area contributed by atoms with Gasteiger partial charge in [0.2, 0.25) is 0 Å². The van der Waals surface area contributed by atoms with Crippen LogP contribution in [-0.2, 0) is 0 Å². The summed E-state index contributed by atoms with van der Waals surface area (Å²) in [6.45, 7) is 4.28. The van der Waals surface area contributed by atoms with Crippen LogP contribution >= 0.6 is 9.24 Å². The molecule has 0 aliphatic heterocycles. The predicted molar refractivity (Wildman–Crippen MR) is 118 cm³/mol. The van der Waals surface area contributed by atoms with E-state index in [-0.39, 0.29) is 11.1 Å². The summed E-state index contributed by atoms with van der Waals surface area (Å²) in [4.78, 5) is 4.67. The number of rotatable bonds is 4. The first-order valence-electron chi connectivity index (χ1n) is 9.36. The Hall–Kier alpha value is -2.84. The number of nitrogens with zero attached hydrogens (tertiary/aromatic N) is 1. The van der Waals surface area contributed by atoms with Gasteiger partial charge in [0.05, 0.1) is 17.8 Å². The van der Waals surface area contributed by atoms with E-state index in [0.717, 1.165) is 21.8 Å². The molecule has 0 radical (unpaired) electrons. The van der Waals surface area contributed by atoms with Gasteiger partial charge >= 0.3 is 0 Å². The van der Waals surface area contributed by atoms with Crippen LogP contribution in [0, 0.1) is 18.6 Å². The minimum Gasteiger partial charge on any atom is -0.494 e. The summed E-state index contributed by atoms with van der Waals surface area (Å²) >= 11 is 0. The Labute approximate surface area is 170 Å². The van der Waals surface area contributed by atoms with Gasteiger partial charge in [-0.1, -0.05) is 18.2 Å². The molecule has 1 aromatic heterocycles. The molecule has 0 saturated heterocycles. The van der Waals surface area contributed by atoms with Crippen molar-refractivity contribution >= 4 is 25.4 Å². The summed E-state index contributed by atoms with van der Waals surface area (Å²) in [5.41, 5.74) is 3.67. The van der Waals surface area contributed by atoms with Gasteiger partial charge in [-0.3, -0.25) is 0 Å². The number of hydrogen-bond acceptors (Lipinski definition) is 2. The van der Waals surface area contributed by atoms with Crippen LogP contribution < -0.4 is 10.0 Å². The lowest BCUT2D eigenvalue weighted by molar-refractivity contribution is 0.338. The summed E-state index contributed by atoms with van der Waals surface area (Å²) in [7, 11) is 2.68. The average Bonchev–Trinajstić information content (AvgIpc) is 2.69. The maximum Gasteiger partial charge on any atom is 0.134 e. The smallest absolute Gasteiger partial charge is 0.134 e. The summed E-state index contributed by atoms with van der Waals surface area (Å²) in [6, 6.07) is 17.2. The Balaban J connectivity index is 1.74. The second-order valence-electron chi connectivity index (χ2n) is 6.87. The Kier molecular flexibility index (Phi) is 5.29. The van der Waals surface area contributed by atoms with E-state index in [4.69, 9.17) is 4.74 Å². The molecule has 1 atom stereocenters. The van der Waals surface area contributed by atoms with E-state index in [0.29, 0.717) is 23.6 Å². The van der Waals surface area contributed by atoms with Crippen molar-refractivity contribution in [2.75, 3.05) is 6.61 Å². The lowest BCUT2D eigenvalue weighted by Crippen LogP contribution is -1.96. The molecule has 3 aromatic carbocycles. The summed E-state index contributed by atoms with van der Waals surface area (Å²) in [6.07, 6.45) is 0. The molecule has 4 aromatic rings. The quantitative estimate of drug-likeness (QED) is 0.384. The Morgan fingerprint density at radius 3 is 2.31 bits per heavy atom. The van der Waals surface area contributed by atoms with Gasteiger partial charge in [0, 0.05) is 28.1 Å². The molecule has 4 rings (SSSR count). The fourth-order valence-corrected chi connectivity index (χ4v) is 3.69. The maximum absolute atomic E-state index is 14.9. The highest BCUT2D eigenvalue weighted by atomic mass is 31.0. The zero-order valence-corrected chi connectivity index (χ0v) is 17.3. The van der Waals surface area contributed by atoms with Crippen molar-refractivity contribution in [3.63, 3.8) is 0 Å². The van der Waals surface area contributed by atoms with Crippen LogP contribution in [-0.4, -0.2) is 11.6 Å². The molecule has 0 fully saturated rings. The number of hydrogen-bond donors (Lipinski definition) is 0. The SMILES string of the molecule is CCOc1ccc(-c2ccc(-c3cc(C)c4cc(P)ccc4n3)cc2F)c(F)c1. The van der Waals surface area contributed by atoms with Gasteiger partial charge in [0.1, 0.15) is 17.4 Å². The molecule has 2 nitrogen and oxygen atoms in total. The average molecular weight is 407 g/mol. The van der Waals surface area contributed by atoms with Crippen LogP contribution in [0.2, 0.25) is 0 Å². The molecule has 0 amide bonds. The van der Waals surface area contributed by atoms with E-state index in [1.807, 2.05) is 32.0 Å². The Morgan fingerprint density at radius 1 is 0.897 bits per heavy atom. The zero-order chi connectivity index (χ0) is 20.5. The standard InChI is InChI=1S/C24H20F2NOP/c1-3-28-16-5-8-19(22(26)12-16)18-7-4-15(11-21(18)25)24-10-14(2)20-13-17(29)6-9-23(20)27-24/h4-13H,3,29H2,1-2H3.